The molecule has 30 heavy (non-hydrogen) atoms. The highest BCUT2D eigenvalue weighted by molar-refractivity contribution is 7.09. The fourth-order valence-electron chi connectivity index (χ4n) is 3.12. The second kappa shape index (κ2) is 8.07. The Labute approximate surface area is 176 Å². The number of hydrogen-bond donors (Lipinski definition) is 1. The highest BCUT2D eigenvalue weighted by Crippen LogP contribution is 2.21. The van der Waals surface area contributed by atoms with Crippen molar-refractivity contribution in [2.75, 3.05) is 18.9 Å². The average molecular weight is 424 g/mol. The van der Waals surface area contributed by atoms with Crippen molar-refractivity contribution in [3.05, 3.63) is 57.7 Å². The number of aryl methyl sites for hydroxylation is 2. The number of likely N-dealkylation sites (N-methyl/N-ethyl adjacent to an activating group) is 1. The summed E-state index contributed by atoms with van der Waals surface area (Å²) in [6, 6.07) is 7.34. The predicted molar refractivity (Wildman–Crippen MR) is 113 cm³/mol. The number of nitrogens with zero attached hydrogens (tertiary/aromatic N) is 5. The molecule has 0 saturated carbocycles. The molecule has 10 heteroatoms. The molecular weight excluding hydrogens is 404 g/mol. The van der Waals surface area contributed by atoms with Crippen LogP contribution in [0.15, 0.2) is 40.4 Å². The minimum atomic E-state index is -0.366. The van der Waals surface area contributed by atoms with Gasteiger partial charge in [0.2, 0.25) is 5.91 Å². The SMILES string of the molecule is Cc1cc(C(=O)N(C)CC(=O)Nc2cc(C)on2)c2cnn(Cc3cccs3)c2n1. The zero-order chi connectivity index (χ0) is 21.3. The van der Waals surface area contributed by atoms with Gasteiger partial charge in [-0.25, -0.2) is 9.67 Å². The summed E-state index contributed by atoms with van der Waals surface area (Å²) >= 11 is 1.64. The molecule has 0 bridgehead atoms. The van der Waals surface area contributed by atoms with Gasteiger partial charge in [0.05, 0.1) is 30.2 Å². The monoisotopic (exact) mass is 424 g/mol. The Morgan fingerprint density at radius 1 is 1.30 bits per heavy atom. The number of fused-ring (bicyclic) bond motifs is 1. The summed E-state index contributed by atoms with van der Waals surface area (Å²) in [7, 11) is 1.58. The summed E-state index contributed by atoms with van der Waals surface area (Å²) in [6.07, 6.45) is 1.65. The molecule has 4 rings (SSSR count). The first-order valence-electron chi connectivity index (χ1n) is 9.25. The van der Waals surface area contributed by atoms with Crippen LogP contribution in [0.2, 0.25) is 0 Å². The molecule has 2 amide bonds. The molecule has 0 aromatic carbocycles. The molecule has 0 aliphatic heterocycles. The number of carbonyl (C=O) groups excluding carboxylic acids is 2. The number of anilines is 1. The van der Waals surface area contributed by atoms with Gasteiger partial charge in [-0.2, -0.15) is 5.10 Å². The number of hydrogen-bond acceptors (Lipinski definition) is 7. The molecule has 0 aliphatic carbocycles. The van der Waals surface area contributed by atoms with E-state index in [-0.39, 0.29) is 18.4 Å². The Kier molecular flexibility index (Phi) is 5.32. The van der Waals surface area contributed by atoms with Crippen LogP contribution in [0.3, 0.4) is 0 Å². The summed E-state index contributed by atoms with van der Waals surface area (Å²) in [4.78, 5) is 32.4. The van der Waals surface area contributed by atoms with E-state index in [2.05, 4.69) is 20.6 Å². The van der Waals surface area contributed by atoms with Gasteiger partial charge >= 0.3 is 0 Å². The Morgan fingerprint density at radius 2 is 2.13 bits per heavy atom. The predicted octanol–water partition coefficient (Wildman–Crippen LogP) is 2.86. The molecule has 4 aromatic rings. The third-order valence-corrected chi connectivity index (χ3v) is 5.34. The molecule has 0 atom stereocenters. The first kappa shape index (κ1) is 19.8. The standard InChI is InChI=1S/C20H20N6O3S/c1-12-7-15(16-9-21-26(19(16)22-12)10-14-5-4-6-30-14)20(28)25(3)11-18(27)23-17-8-13(2)29-24-17/h4-9H,10-11H2,1-3H3,(H,23,24,27). The van der Waals surface area contributed by atoms with Crippen LogP contribution in [-0.4, -0.2) is 50.2 Å². The van der Waals surface area contributed by atoms with Gasteiger partial charge in [-0.1, -0.05) is 11.2 Å². The van der Waals surface area contributed by atoms with Gasteiger partial charge in [0.25, 0.3) is 5.91 Å². The topological polar surface area (TPSA) is 106 Å². The number of thiophene rings is 1. The second-order valence-electron chi connectivity index (χ2n) is 6.96. The zero-order valence-corrected chi connectivity index (χ0v) is 17.6. The normalized spacial score (nSPS) is 11.0. The molecule has 4 aromatic heterocycles. The number of pyridine rings is 1. The van der Waals surface area contributed by atoms with Crippen LogP contribution >= 0.6 is 11.3 Å². The summed E-state index contributed by atoms with van der Waals surface area (Å²) in [5.74, 6) is 0.251. The van der Waals surface area contributed by atoms with E-state index in [9.17, 15) is 9.59 Å². The number of aromatic nitrogens is 4. The summed E-state index contributed by atoms with van der Waals surface area (Å²) in [6.45, 7) is 4.02. The van der Waals surface area contributed by atoms with Crippen LogP contribution in [0.4, 0.5) is 5.82 Å². The van der Waals surface area contributed by atoms with E-state index in [0.29, 0.717) is 40.4 Å². The van der Waals surface area contributed by atoms with E-state index in [0.717, 1.165) is 4.88 Å². The fraction of sp³-hybridized carbons (Fsp3) is 0.250. The lowest BCUT2D eigenvalue weighted by Crippen LogP contribution is -2.35. The third-order valence-electron chi connectivity index (χ3n) is 4.48. The molecule has 0 radical (unpaired) electrons. The highest BCUT2D eigenvalue weighted by atomic mass is 32.1. The Hall–Kier alpha value is -3.53. The van der Waals surface area contributed by atoms with Crippen molar-refractivity contribution in [2.24, 2.45) is 0 Å². The van der Waals surface area contributed by atoms with Gasteiger partial charge in [0.15, 0.2) is 11.5 Å². The van der Waals surface area contributed by atoms with E-state index in [4.69, 9.17) is 4.52 Å². The minimum Gasteiger partial charge on any atom is -0.360 e. The zero-order valence-electron chi connectivity index (χ0n) is 16.7. The fourth-order valence-corrected chi connectivity index (χ4v) is 3.80. The van der Waals surface area contributed by atoms with Crippen molar-refractivity contribution in [1.29, 1.82) is 0 Å². The maximum absolute atomic E-state index is 13.1. The molecule has 4 heterocycles. The molecule has 1 N–H and O–H groups in total. The minimum absolute atomic E-state index is 0.128. The van der Waals surface area contributed by atoms with Crippen LogP contribution in [0.1, 0.15) is 26.7 Å². The van der Waals surface area contributed by atoms with Crippen molar-refractivity contribution in [3.8, 4) is 0 Å². The first-order valence-corrected chi connectivity index (χ1v) is 10.1. The molecule has 9 nitrogen and oxygen atoms in total. The van der Waals surface area contributed by atoms with Gasteiger partial charge in [-0.15, -0.1) is 11.3 Å². The molecule has 0 fully saturated rings. The van der Waals surface area contributed by atoms with Gasteiger partial charge in [0.1, 0.15) is 5.76 Å². The maximum atomic E-state index is 13.1. The maximum Gasteiger partial charge on any atom is 0.254 e. The highest BCUT2D eigenvalue weighted by Gasteiger charge is 2.21. The van der Waals surface area contributed by atoms with Crippen molar-refractivity contribution in [3.63, 3.8) is 0 Å². The van der Waals surface area contributed by atoms with Crippen LogP contribution < -0.4 is 5.32 Å². The van der Waals surface area contributed by atoms with Gasteiger partial charge < -0.3 is 14.7 Å². The van der Waals surface area contributed by atoms with Crippen molar-refractivity contribution in [1.82, 2.24) is 24.8 Å². The largest absolute Gasteiger partial charge is 0.360 e. The number of nitrogens with one attached hydrogen (secondary N) is 1. The van der Waals surface area contributed by atoms with E-state index < -0.39 is 0 Å². The lowest BCUT2D eigenvalue weighted by molar-refractivity contribution is -0.116. The average Bonchev–Trinajstić information content (AvgIpc) is 3.44. The summed E-state index contributed by atoms with van der Waals surface area (Å²) < 4.78 is 6.71. The van der Waals surface area contributed by atoms with Crippen LogP contribution in [0.5, 0.6) is 0 Å². The van der Waals surface area contributed by atoms with Gasteiger partial charge in [-0.3, -0.25) is 9.59 Å². The number of carbonyl (C=O) groups is 2. The molecule has 0 saturated heterocycles. The smallest absolute Gasteiger partial charge is 0.254 e. The van der Waals surface area contributed by atoms with E-state index in [1.165, 1.54) is 4.90 Å². The van der Waals surface area contributed by atoms with Crippen molar-refractivity contribution in [2.45, 2.75) is 20.4 Å². The summed E-state index contributed by atoms with van der Waals surface area (Å²) in [5, 5.41) is 13.4. The first-order chi connectivity index (χ1) is 14.4. The Balaban J connectivity index is 1.54. The van der Waals surface area contributed by atoms with Gasteiger partial charge in [0, 0.05) is 23.7 Å². The Bertz CT molecular complexity index is 1210. The number of rotatable bonds is 6. The second-order valence-corrected chi connectivity index (χ2v) is 7.99. The van der Waals surface area contributed by atoms with Crippen molar-refractivity contribution < 1.29 is 14.1 Å². The third kappa shape index (κ3) is 4.08. The van der Waals surface area contributed by atoms with Crippen LogP contribution in [0.25, 0.3) is 11.0 Å². The molecule has 154 valence electrons. The van der Waals surface area contributed by atoms with E-state index in [1.807, 2.05) is 24.4 Å². The van der Waals surface area contributed by atoms with E-state index >= 15 is 0 Å². The summed E-state index contributed by atoms with van der Waals surface area (Å²) in [5.41, 5.74) is 1.81. The van der Waals surface area contributed by atoms with E-state index in [1.54, 1.807) is 48.3 Å². The lowest BCUT2D eigenvalue weighted by atomic mass is 10.1. The molecule has 0 unspecified atom stereocenters. The Morgan fingerprint density at radius 3 is 2.83 bits per heavy atom. The number of amides is 2. The van der Waals surface area contributed by atoms with Crippen molar-refractivity contribution >= 4 is 40.0 Å². The van der Waals surface area contributed by atoms with Crippen LogP contribution in [0, 0.1) is 13.8 Å². The van der Waals surface area contributed by atoms with Crippen LogP contribution in [-0.2, 0) is 11.3 Å². The molecular formula is C20H20N6O3S. The molecule has 0 spiro atoms. The quantitative estimate of drug-likeness (QED) is 0.510. The lowest BCUT2D eigenvalue weighted by Gasteiger charge is -2.17. The van der Waals surface area contributed by atoms with Gasteiger partial charge in [-0.05, 0) is 31.4 Å². The molecule has 0 aliphatic rings.